The van der Waals surface area contributed by atoms with Crippen molar-refractivity contribution < 1.29 is 19.8 Å². The van der Waals surface area contributed by atoms with Gasteiger partial charge >= 0.3 is 5.97 Å². The molecule has 0 radical (unpaired) electrons. The summed E-state index contributed by atoms with van der Waals surface area (Å²) in [5.41, 5.74) is 0. The summed E-state index contributed by atoms with van der Waals surface area (Å²) < 4.78 is 0. The van der Waals surface area contributed by atoms with Crippen molar-refractivity contribution in [3.05, 3.63) is 0 Å². The Morgan fingerprint density at radius 1 is 1.09 bits per heavy atom. The third kappa shape index (κ3) is 5.96. The van der Waals surface area contributed by atoms with Gasteiger partial charge in [0.15, 0.2) is 0 Å². The van der Waals surface area contributed by atoms with Crippen LogP contribution in [0.25, 0.3) is 0 Å². The molecule has 1 amide bonds. The van der Waals surface area contributed by atoms with Gasteiger partial charge in [-0.15, -0.1) is 11.6 Å². The molecule has 3 N–H and O–H groups in total. The predicted octanol–water partition coefficient (Wildman–Crippen LogP) is 2.68. The molecule has 2 aliphatic rings. The predicted molar refractivity (Wildman–Crippen MR) is 88.4 cm³/mol. The van der Waals surface area contributed by atoms with Crippen LogP contribution >= 0.6 is 11.6 Å². The number of alkyl halides is 1. The third-order valence-corrected chi connectivity index (χ3v) is 5.68. The van der Waals surface area contributed by atoms with Gasteiger partial charge in [0, 0.05) is 17.8 Å². The van der Waals surface area contributed by atoms with E-state index >= 15 is 0 Å². The maximum Gasteiger partial charge on any atom is 0.303 e. The molecule has 2 saturated carbocycles. The quantitative estimate of drug-likeness (QED) is 0.646. The molecule has 3 atom stereocenters. The minimum absolute atomic E-state index is 0.0147. The summed E-state index contributed by atoms with van der Waals surface area (Å²) in [6.07, 6.45) is 7.26. The molecule has 2 rings (SSSR count). The van der Waals surface area contributed by atoms with Crippen LogP contribution in [0.4, 0.5) is 0 Å². The first kappa shape index (κ1) is 18.5. The molecule has 0 heterocycles. The number of halogens is 1. The van der Waals surface area contributed by atoms with Crippen molar-refractivity contribution in [3.8, 4) is 0 Å². The molecule has 5 nitrogen and oxygen atoms in total. The van der Waals surface area contributed by atoms with Gasteiger partial charge in [-0.05, 0) is 63.7 Å². The average molecular weight is 346 g/mol. The maximum absolute atomic E-state index is 12.4. The van der Waals surface area contributed by atoms with Gasteiger partial charge in [0.05, 0.1) is 12.0 Å². The fraction of sp³-hybridized carbons (Fsp3) is 0.882. The molecule has 0 aliphatic heterocycles. The van der Waals surface area contributed by atoms with E-state index in [2.05, 4.69) is 5.32 Å². The third-order valence-electron chi connectivity index (χ3n) is 5.28. The number of rotatable bonds is 6. The number of aliphatic carboxylic acids is 1. The van der Waals surface area contributed by atoms with Crippen molar-refractivity contribution in [1.29, 1.82) is 0 Å². The van der Waals surface area contributed by atoms with Crippen molar-refractivity contribution in [3.63, 3.8) is 0 Å². The second-order valence-electron chi connectivity index (χ2n) is 7.10. The summed E-state index contributed by atoms with van der Waals surface area (Å²) in [7, 11) is 0. The lowest BCUT2D eigenvalue weighted by molar-refractivity contribution is -0.137. The molecule has 0 aromatic carbocycles. The van der Waals surface area contributed by atoms with Crippen molar-refractivity contribution in [1.82, 2.24) is 5.32 Å². The zero-order valence-corrected chi connectivity index (χ0v) is 14.3. The van der Waals surface area contributed by atoms with Crippen molar-refractivity contribution in [2.24, 2.45) is 11.8 Å². The highest BCUT2D eigenvalue weighted by Gasteiger charge is 2.34. The van der Waals surface area contributed by atoms with Crippen LogP contribution in [-0.4, -0.2) is 39.6 Å². The van der Waals surface area contributed by atoms with Gasteiger partial charge in [-0.25, -0.2) is 0 Å². The fourth-order valence-electron chi connectivity index (χ4n) is 3.83. The van der Waals surface area contributed by atoms with Gasteiger partial charge in [-0.3, -0.25) is 9.59 Å². The van der Waals surface area contributed by atoms with E-state index in [1.807, 2.05) is 0 Å². The van der Waals surface area contributed by atoms with E-state index in [9.17, 15) is 14.7 Å². The van der Waals surface area contributed by atoms with Gasteiger partial charge in [0.2, 0.25) is 5.91 Å². The highest BCUT2D eigenvalue weighted by Crippen LogP contribution is 2.31. The molecule has 0 saturated heterocycles. The van der Waals surface area contributed by atoms with Gasteiger partial charge in [0.1, 0.15) is 0 Å². The highest BCUT2D eigenvalue weighted by molar-refractivity contribution is 6.20. The van der Waals surface area contributed by atoms with Crippen LogP contribution < -0.4 is 5.32 Å². The Labute approximate surface area is 142 Å². The number of carboxylic acids is 1. The Hall–Kier alpha value is -0.810. The van der Waals surface area contributed by atoms with Crippen molar-refractivity contribution >= 4 is 23.5 Å². The van der Waals surface area contributed by atoms with E-state index in [-0.39, 0.29) is 29.7 Å². The number of aliphatic hydroxyl groups excluding tert-OH is 1. The Morgan fingerprint density at radius 3 is 2.43 bits per heavy atom. The Morgan fingerprint density at radius 2 is 1.78 bits per heavy atom. The molecule has 132 valence electrons. The molecule has 0 aromatic heterocycles. The first-order chi connectivity index (χ1) is 11.0. The second kappa shape index (κ2) is 8.88. The minimum Gasteiger partial charge on any atom is -0.481 e. The summed E-state index contributed by atoms with van der Waals surface area (Å²) in [6.45, 7) is 0. The minimum atomic E-state index is -0.727. The van der Waals surface area contributed by atoms with Crippen LogP contribution in [0.3, 0.4) is 0 Å². The van der Waals surface area contributed by atoms with Crippen LogP contribution in [0.2, 0.25) is 0 Å². The molecule has 2 fully saturated rings. The highest BCUT2D eigenvalue weighted by atomic mass is 35.5. The SMILES string of the molecule is O=C(O)CCCC1CCC(NC(=O)C2CC(Cl)CCC2O)CC1. The Kier molecular flexibility index (Phi) is 7.15. The normalized spacial score (nSPS) is 34.8. The number of nitrogens with one attached hydrogen (secondary N) is 1. The lowest BCUT2D eigenvalue weighted by Gasteiger charge is -2.33. The van der Waals surface area contributed by atoms with Crippen molar-refractivity contribution in [2.75, 3.05) is 0 Å². The largest absolute Gasteiger partial charge is 0.481 e. The number of hydrogen-bond donors (Lipinski definition) is 3. The van der Waals surface area contributed by atoms with Gasteiger partial charge in [0.25, 0.3) is 0 Å². The lowest BCUT2D eigenvalue weighted by Crippen LogP contribution is -2.46. The molecule has 0 spiro atoms. The second-order valence-corrected chi connectivity index (χ2v) is 7.71. The number of amides is 1. The van der Waals surface area contributed by atoms with Crippen LogP contribution in [0.5, 0.6) is 0 Å². The Bertz CT molecular complexity index is 409. The summed E-state index contributed by atoms with van der Waals surface area (Å²) in [5.74, 6) is -0.582. The average Bonchev–Trinajstić information content (AvgIpc) is 2.51. The van der Waals surface area contributed by atoms with E-state index in [4.69, 9.17) is 16.7 Å². The van der Waals surface area contributed by atoms with Crippen LogP contribution in [-0.2, 0) is 9.59 Å². The monoisotopic (exact) mass is 345 g/mol. The smallest absolute Gasteiger partial charge is 0.303 e. The van der Waals surface area contributed by atoms with E-state index in [1.165, 1.54) is 0 Å². The standard InChI is InChI=1S/C17H28ClNO4/c18-12-6-9-15(20)14(10-12)17(23)19-13-7-4-11(5-8-13)2-1-3-16(21)22/h11-15,20H,1-10H2,(H,19,23)(H,21,22). The first-order valence-corrected chi connectivity index (χ1v) is 9.23. The van der Waals surface area contributed by atoms with Crippen molar-refractivity contribution in [2.45, 2.75) is 81.7 Å². The van der Waals surface area contributed by atoms with Gasteiger partial charge in [-0.1, -0.05) is 0 Å². The molecule has 0 bridgehead atoms. The van der Waals surface area contributed by atoms with Gasteiger partial charge in [-0.2, -0.15) is 0 Å². The van der Waals surface area contributed by atoms with E-state index in [0.717, 1.165) is 44.9 Å². The zero-order valence-electron chi connectivity index (χ0n) is 13.5. The van der Waals surface area contributed by atoms with E-state index in [1.54, 1.807) is 0 Å². The molecular weight excluding hydrogens is 318 g/mol. The van der Waals surface area contributed by atoms with E-state index < -0.39 is 12.1 Å². The maximum atomic E-state index is 12.4. The lowest BCUT2D eigenvalue weighted by atomic mass is 9.82. The number of carbonyl (C=O) groups is 2. The molecule has 2 aliphatic carbocycles. The summed E-state index contributed by atoms with van der Waals surface area (Å²) >= 11 is 6.12. The summed E-state index contributed by atoms with van der Waals surface area (Å²) in [4.78, 5) is 22.9. The fourth-order valence-corrected chi connectivity index (χ4v) is 4.15. The topological polar surface area (TPSA) is 86.6 Å². The number of hydrogen-bond acceptors (Lipinski definition) is 3. The molecule has 6 heteroatoms. The van der Waals surface area contributed by atoms with Crippen LogP contribution in [0.15, 0.2) is 0 Å². The van der Waals surface area contributed by atoms with E-state index in [0.29, 0.717) is 18.8 Å². The van der Waals surface area contributed by atoms with Crippen LogP contribution in [0, 0.1) is 11.8 Å². The molecule has 23 heavy (non-hydrogen) atoms. The van der Waals surface area contributed by atoms with Crippen LogP contribution in [0.1, 0.15) is 64.2 Å². The number of carbonyl (C=O) groups excluding carboxylic acids is 1. The number of aliphatic hydroxyl groups is 1. The number of carboxylic acid groups (broad SMARTS) is 1. The molecule has 0 aromatic rings. The van der Waals surface area contributed by atoms with Gasteiger partial charge < -0.3 is 15.5 Å². The molecular formula is C17H28ClNO4. The first-order valence-electron chi connectivity index (χ1n) is 8.80. The Balaban J connectivity index is 1.69. The summed E-state index contributed by atoms with van der Waals surface area (Å²) in [5, 5.41) is 21.7. The molecule has 3 unspecified atom stereocenters. The summed E-state index contributed by atoms with van der Waals surface area (Å²) in [6, 6.07) is 0.182. The zero-order chi connectivity index (χ0) is 16.8.